The highest BCUT2D eigenvalue weighted by atomic mass is 16.2. The number of aryl methyl sites for hydroxylation is 1. The fraction of sp³-hybridized carbons (Fsp3) is 0.500. The van der Waals surface area contributed by atoms with Crippen LogP contribution in [0, 0.1) is 0 Å². The summed E-state index contributed by atoms with van der Waals surface area (Å²) < 4.78 is 1.79. The summed E-state index contributed by atoms with van der Waals surface area (Å²) in [5.41, 5.74) is 12.1. The van der Waals surface area contributed by atoms with Crippen LogP contribution in [0.3, 0.4) is 0 Å². The molecule has 1 unspecified atom stereocenters. The van der Waals surface area contributed by atoms with Crippen LogP contribution in [0.5, 0.6) is 0 Å². The Hall–Kier alpha value is -1.98. The van der Waals surface area contributed by atoms with Crippen LogP contribution in [-0.4, -0.2) is 33.9 Å². The molecule has 1 aliphatic heterocycles. The van der Waals surface area contributed by atoms with Gasteiger partial charge in [0.05, 0.1) is 5.69 Å². The maximum absolute atomic E-state index is 12.4. The van der Waals surface area contributed by atoms with Crippen molar-refractivity contribution in [1.29, 1.82) is 0 Å². The van der Waals surface area contributed by atoms with E-state index in [-0.39, 0.29) is 5.91 Å². The number of hydrogen-bond acceptors (Lipinski definition) is 3. The molecule has 98 valence electrons. The number of hydrogen-bond donors (Lipinski definition) is 2. The van der Waals surface area contributed by atoms with Gasteiger partial charge in [-0.1, -0.05) is 0 Å². The van der Waals surface area contributed by atoms with Crippen molar-refractivity contribution in [2.75, 3.05) is 12.3 Å². The third-order valence-electron chi connectivity index (χ3n) is 3.32. The zero-order valence-corrected chi connectivity index (χ0v) is 10.4. The molecule has 6 nitrogen and oxygen atoms in total. The Labute approximate surface area is 106 Å². The lowest BCUT2D eigenvalue weighted by Gasteiger charge is -2.22. The molecule has 0 spiro atoms. The van der Waals surface area contributed by atoms with Crippen molar-refractivity contribution >= 4 is 17.5 Å². The van der Waals surface area contributed by atoms with Gasteiger partial charge >= 0.3 is 0 Å². The first-order valence-corrected chi connectivity index (χ1v) is 6.10. The summed E-state index contributed by atoms with van der Waals surface area (Å²) in [6.07, 6.45) is 3.17. The van der Waals surface area contributed by atoms with Crippen LogP contribution < -0.4 is 11.5 Å². The zero-order chi connectivity index (χ0) is 13.3. The largest absolute Gasteiger partial charge is 0.397 e. The topological polar surface area (TPSA) is 94.3 Å². The summed E-state index contributed by atoms with van der Waals surface area (Å²) >= 11 is 0. The van der Waals surface area contributed by atoms with Crippen LogP contribution in [0.25, 0.3) is 0 Å². The second kappa shape index (κ2) is 4.72. The monoisotopic (exact) mass is 250 g/mol. The first-order valence-electron chi connectivity index (χ1n) is 6.10. The lowest BCUT2D eigenvalue weighted by molar-refractivity contribution is -0.121. The second-order valence-electron chi connectivity index (χ2n) is 4.50. The van der Waals surface area contributed by atoms with Gasteiger partial charge in [-0.15, -0.1) is 0 Å². The van der Waals surface area contributed by atoms with Crippen molar-refractivity contribution < 1.29 is 9.59 Å². The molecule has 0 bridgehead atoms. The minimum Gasteiger partial charge on any atom is -0.397 e. The van der Waals surface area contributed by atoms with E-state index in [1.54, 1.807) is 21.7 Å². The molecule has 1 atom stereocenters. The second-order valence-corrected chi connectivity index (χ2v) is 4.50. The Balaban J connectivity index is 2.27. The molecular formula is C12H18N4O2. The van der Waals surface area contributed by atoms with Gasteiger partial charge in [0.25, 0.3) is 5.91 Å². The number of likely N-dealkylation sites (tertiary alicyclic amines) is 1. The van der Waals surface area contributed by atoms with Crippen molar-refractivity contribution in [3.63, 3.8) is 0 Å². The number of anilines is 1. The summed E-state index contributed by atoms with van der Waals surface area (Å²) in [7, 11) is 0. The molecule has 1 aromatic rings. The van der Waals surface area contributed by atoms with E-state index in [2.05, 4.69) is 0 Å². The minimum absolute atomic E-state index is 0.171. The molecule has 0 aromatic carbocycles. The highest BCUT2D eigenvalue weighted by Crippen LogP contribution is 2.21. The quantitative estimate of drug-likeness (QED) is 0.801. The normalized spacial score (nSPS) is 19.2. The lowest BCUT2D eigenvalue weighted by Crippen LogP contribution is -2.44. The van der Waals surface area contributed by atoms with Crippen LogP contribution >= 0.6 is 0 Å². The maximum atomic E-state index is 12.4. The van der Waals surface area contributed by atoms with Gasteiger partial charge in [0.2, 0.25) is 5.91 Å². The summed E-state index contributed by atoms with van der Waals surface area (Å²) in [6.45, 7) is 3.17. The van der Waals surface area contributed by atoms with E-state index in [9.17, 15) is 9.59 Å². The number of primary amides is 1. The van der Waals surface area contributed by atoms with E-state index in [0.29, 0.717) is 30.9 Å². The summed E-state index contributed by atoms with van der Waals surface area (Å²) in [5, 5.41) is 0. The Kier molecular flexibility index (Phi) is 3.27. The highest BCUT2D eigenvalue weighted by Gasteiger charge is 2.34. The SMILES string of the molecule is CCn1cc(N)cc1C(=O)N1CCCC1C(N)=O. The van der Waals surface area contributed by atoms with Crippen LogP contribution in [-0.2, 0) is 11.3 Å². The van der Waals surface area contributed by atoms with E-state index < -0.39 is 11.9 Å². The highest BCUT2D eigenvalue weighted by molar-refractivity contribution is 5.97. The molecule has 1 saturated heterocycles. The number of carbonyl (C=O) groups is 2. The van der Waals surface area contributed by atoms with Crippen LogP contribution in [0.1, 0.15) is 30.3 Å². The Bertz CT molecular complexity index is 480. The van der Waals surface area contributed by atoms with Gasteiger partial charge in [-0.3, -0.25) is 9.59 Å². The first-order chi connectivity index (χ1) is 8.54. The van der Waals surface area contributed by atoms with Crippen molar-refractivity contribution in [1.82, 2.24) is 9.47 Å². The van der Waals surface area contributed by atoms with Gasteiger partial charge in [-0.25, -0.2) is 0 Å². The number of rotatable bonds is 3. The van der Waals surface area contributed by atoms with Crippen molar-refractivity contribution in [2.24, 2.45) is 5.73 Å². The van der Waals surface area contributed by atoms with Gasteiger partial charge in [0.1, 0.15) is 11.7 Å². The van der Waals surface area contributed by atoms with E-state index in [1.807, 2.05) is 6.92 Å². The standard InChI is InChI=1S/C12H18N4O2/c1-2-15-7-8(13)6-10(15)12(18)16-5-3-4-9(16)11(14)17/h6-7,9H,2-5,13H2,1H3,(H2,14,17). The number of carbonyl (C=O) groups excluding carboxylic acids is 2. The third kappa shape index (κ3) is 2.05. The molecule has 1 aromatic heterocycles. The van der Waals surface area contributed by atoms with Crippen LogP contribution in [0.15, 0.2) is 12.3 Å². The zero-order valence-electron chi connectivity index (χ0n) is 10.4. The van der Waals surface area contributed by atoms with Gasteiger partial charge < -0.3 is 20.9 Å². The molecule has 2 amide bonds. The fourth-order valence-corrected chi connectivity index (χ4v) is 2.43. The smallest absolute Gasteiger partial charge is 0.271 e. The fourth-order valence-electron chi connectivity index (χ4n) is 2.43. The predicted octanol–water partition coefficient (Wildman–Crippen LogP) is 0.180. The maximum Gasteiger partial charge on any atom is 0.271 e. The van der Waals surface area contributed by atoms with E-state index in [0.717, 1.165) is 6.42 Å². The molecular weight excluding hydrogens is 232 g/mol. The molecule has 0 radical (unpaired) electrons. The Morgan fingerprint density at radius 2 is 2.22 bits per heavy atom. The Morgan fingerprint density at radius 3 is 2.83 bits per heavy atom. The summed E-state index contributed by atoms with van der Waals surface area (Å²) in [6, 6.07) is 1.15. The van der Waals surface area contributed by atoms with Crippen LogP contribution in [0.4, 0.5) is 5.69 Å². The Morgan fingerprint density at radius 1 is 1.50 bits per heavy atom. The first kappa shape index (κ1) is 12.5. The van der Waals surface area contributed by atoms with Crippen molar-refractivity contribution in [3.8, 4) is 0 Å². The number of nitrogen functional groups attached to an aromatic ring is 1. The van der Waals surface area contributed by atoms with E-state index in [1.165, 1.54) is 0 Å². The van der Waals surface area contributed by atoms with E-state index >= 15 is 0 Å². The average molecular weight is 250 g/mol. The van der Waals surface area contributed by atoms with Crippen molar-refractivity contribution in [3.05, 3.63) is 18.0 Å². The molecule has 2 rings (SSSR count). The van der Waals surface area contributed by atoms with Gasteiger partial charge in [-0.05, 0) is 25.8 Å². The molecule has 4 N–H and O–H groups in total. The van der Waals surface area contributed by atoms with Crippen molar-refractivity contribution in [2.45, 2.75) is 32.4 Å². The minimum atomic E-state index is -0.487. The molecule has 18 heavy (non-hydrogen) atoms. The molecule has 0 saturated carbocycles. The molecule has 0 aliphatic carbocycles. The predicted molar refractivity (Wildman–Crippen MR) is 67.8 cm³/mol. The third-order valence-corrected chi connectivity index (χ3v) is 3.32. The van der Waals surface area contributed by atoms with E-state index in [4.69, 9.17) is 11.5 Å². The van der Waals surface area contributed by atoms with Gasteiger partial charge in [0.15, 0.2) is 0 Å². The lowest BCUT2D eigenvalue weighted by atomic mass is 10.2. The number of nitrogens with two attached hydrogens (primary N) is 2. The average Bonchev–Trinajstić information content (AvgIpc) is 2.93. The molecule has 2 heterocycles. The van der Waals surface area contributed by atoms with Gasteiger partial charge in [0, 0.05) is 19.3 Å². The van der Waals surface area contributed by atoms with Crippen LogP contribution in [0.2, 0.25) is 0 Å². The number of aromatic nitrogens is 1. The molecule has 6 heteroatoms. The summed E-state index contributed by atoms with van der Waals surface area (Å²) in [4.78, 5) is 25.2. The molecule has 1 fully saturated rings. The number of nitrogens with zero attached hydrogens (tertiary/aromatic N) is 2. The number of amides is 2. The molecule has 1 aliphatic rings. The van der Waals surface area contributed by atoms with Gasteiger partial charge in [-0.2, -0.15) is 0 Å². The summed E-state index contributed by atoms with van der Waals surface area (Å²) in [5.74, 6) is -0.613.